The summed E-state index contributed by atoms with van der Waals surface area (Å²) in [6.45, 7) is 8.02. The maximum atomic E-state index is 13.0. The van der Waals surface area contributed by atoms with Crippen LogP contribution in [0, 0.1) is 13.8 Å². The van der Waals surface area contributed by atoms with Crippen LogP contribution < -0.4 is 9.03 Å². The van der Waals surface area contributed by atoms with Crippen LogP contribution in [0.3, 0.4) is 0 Å². The fourth-order valence-electron chi connectivity index (χ4n) is 3.54. The normalized spacial score (nSPS) is 16.8. The van der Waals surface area contributed by atoms with Gasteiger partial charge in [-0.05, 0) is 73.6 Å². The summed E-state index contributed by atoms with van der Waals surface area (Å²) >= 11 is 0. The van der Waals surface area contributed by atoms with Crippen LogP contribution in [-0.2, 0) is 20.0 Å². The molecule has 0 aliphatic carbocycles. The molecule has 1 aliphatic rings. The van der Waals surface area contributed by atoms with Gasteiger partial charge in [0, 0.05) is 12.2 Å². The van der Waals surface area contributed by atoms with Gasteiger partial charge in [-0.2, -0.15) is 0 Å². The summed E-state index contributed by atoms with van der Waals surface area (Å²) < 4.78 is 54.8. The molecule has 1 aliphatic heterocycles. The van der Waals surface area contributed by atoms with E-state index in [1.54, 1.807) is 38.1 Å². The monoisotopic (exact) mass is 436 g/mol. The molecule has 0 amide bonds. The highest BCUT2D eigenvalue weighted by Crippen LogP contribution is 2.32. The quantitative estimate of drug-likeness (QED) is 0.763. The van der Waals surface area contributed by atoms with Crippen molar-refractivity contribution < 1.29 is 16.8 Å². The van der Waals surface area contributed by atoms with Crippen LogP contribution in [0.15, 0.2) is 41.3 Å². The van der Waals surface area contributed by atoms with Gasteiger partial charge in [0.15, 0.2) is 0 Å². The van der Waals surface area contributed by atoms with Crippen molar-refractivity contribution in [1.29, 1.82) is 0 Å². The van der Waals surface area contributed by atoms with Crippen molar-refractivity contribution in [3.63, 3.8) is 0 Å². The van der Waals surface area contributed by atoms with E-state index in [1.165, 1.54) is 4.31 Å². The first-order valence-corrected chi connectivity index (χ1v) is 12.8. The molecule has 0 saturated carbocycles. The standard InChI is InChI=1S/C21H28N2O4S2/c1-15(2)18-7-9-19(10-8-18)22-29(26,27)21-14-16(3)20(13-17(21)4)23-11-5-6-12-28(23,24)25/h7-10,13-15,22H,5-6,11-12H2,1-4H3. The molecule has 0 bridgehead atoms. The Morgan fingerprint density at radius 2 is 1.66 bits per heavy atom. The molecule has 2 aromatic carbocycles. The summed E-state index contributed by atoms with van der Waals surface area (Å²) in [6, 6.07) is 10.5. The van der Waals surface area contributed by atoms with Crippen LogP contribution in [0.1, 0.15) is 49.3 Å². The van der Waals surface area contributed by atoms with Crippen LogP contribution in [0.4, 0.5) is 11.4 Å². The van der Waals surface area contributed by atoms with Crippen molar-refractivity contribution in [1.82, 2.24) is 0 Å². The molecular weight excluding hydrogens is 408 g/mol. The first-order valence-electron chi connectivity index (χ1n) is 9.76. The lowest BCUT2D eigenvalue weighted by Gasteiger charge is -2.30. The lowest BCUT2D eigenvalue weighted by molar-refractivity contribution is 0.574. The first-order chi connectivity index (χ1) is 13.5. The zero-order valence-corrected chi connectivity index (χ0v) is 18.9. The number of nitrogens with zero attached hydrogens (tertiary/aromatic N) is 1. The number of anilines is 2. The third-order valence-electron chi connectivity index (χ3n) is 5.23. The molecule has 0 atom stereocenters. The molecule has 0 unspecified atom stereocenters. The number of hydrogen-bond acceptors (Lipinski definition) is 4. The van der Waals surface area contributed by atoms with E-state index in [4.69, 9.17) is 0 Å². The van der Waals surface area contributed by atoms with Gasteiger partial charge in [-0.1, -0.05) is 26.0 Å². The van der Waals surface area contributed by atoms with Gasteiger partial charge < -0.3 is 0 Å². The average molecular weight is 437 g/mol. The number of rotatable bonds is 5. The SMILES string of the molecule is Cc1cc(S(=O)(=O)Nc2ccc(C(C)C)cc2)c(C)cc1N1CCCCS1(=O)=O. The van der Waals surface area contributed by atoms with Gasteiger partial charge in [0.05, 0.1) is 16.3 Å². The van der Waals surface area contributed by atoms with Gasteiger partial charge in [-0.3, -0.25) is 9.03 Å². The second-order valence-electron chi connectivity index (χ2n) is 7.88. The average Bonchev–Trinajstić information content (AvgIpc) is 2.63. The fraction of sp³-hybridized carbons (Fsp3) is 0.429. The summed E-state index contributed by atoms with van der Waals surface area (Å²) in [5.74, 6) is 0.489. The molecule has 0 spiro atoms. The van der Waals surface area contributed by atoms with E-state index in [9.17, 15) is 16.8 Å². The predicted molar refractivity (Wildman–Crippen MR) is 118 cm³/mol. The number of sulfonamides is 2. The molecule has 2 aromatic rings. The minimum absolute atomic E-state index is 0.124. The molecular formula is C21H28N2O4S2. The Morgan fingerprint density at radius 3 is 2.24 bits per heavy atom. The van der Waals surface area contributed by atoms with Gasteiger partial charge in [-0.15, -0.1) is 0 Å². The largest absolute Gasteiger partial charge is 0.280 e. The van der Waals surface area contributed by atoms with E-state index in [0.29, 0.717) is 41.4 Å². The molecule has 1 fully saturated rings. The Kier molecular flexibility index (Phi) is 5.96. The lowest BCUT2D eigenvalue weighted by Crippen LogP contribution is -2.38. The van der Waals surface area contributed by atoms with Gasteiger partial charge in [-0.25, -0.2) is 16.8 Å². The van der Waals surface area contributed by atoms with E-state index >= 15 is 0 Å². The molecule has 1 heterocycles. The number of aryl methyl sites for hydroxylation is 2. The third-order valence-corrected chi connectivity index (χ3v) is 8.61. The lowest BCUT2D eigenvalue weighted by atomic mass is 10.0. The smallest absolute Gasteiger partial charge is 0.262 e. The molecule has 1 saturated heterocycles. The van der Waals surface area contributed by atoms with Crippen molar-refractivity contribution in [2.45, 2.75) is 51.3 Å². The van der Waals surface area contributed by atoms with Gasteiger partial charge in [0.25, 0.3) is 10.0 Å². The second kappa shape index (κ2) is 7.99. The Morgan fingerprint density at radius 1 is 1.00 bits per heavy atom. The van der Waals surface area contributed by atoms with E-state index in [-0.39, 0.29) is 10.6 Å². The highest BCUT2D eigenvalue weighted by atomic mass is 32.2. The zero-order valence-electron chi connectivity index (χ0n) is 17.3. The van der Waals surface area contributed by atoms with Crippen LogP contribution >= 0.6 is 0 Å². The summed E-state index contributed by atoms with van der Waals surface area (Å²) in [7, 11) is -7.15. The van der Waals surface area contributed by atoms with Crippen molar-refractivity contribution in [3.8, 4) is 0 Å². The van der Waals surface area contributed by atoms with Crippen LogP contribution in [0.25, 0.3) is 0 Å². The predicted octanol–water partition coefficient (Wildman–Crippen LogP) is 4.16. The maximum absolute atomic E-state index is 13.0. The van der Waals surface area contributed by atoms with E-state index in [0.717, 1.165) is 12.0 Å². The Hall–Kier alpha value is -2.06. The van der Waals surface area contributed by atoms with E-state index < -0.39 is 20.0 Å². The molecule has 29 heavy (non-hydrogen) atoms. The van der Waals surface area contributed by atoms with Gasteiger partial charge in [0.1, 0.15) is 0 Å². The minimum Gasteiger partial charge on any atom is -0.280 e. The first kappa shape index (κ1) is 21.6. The highest BCUT2D eigenvalue weighted by molar-refractivity contribution is 7.93. The van der Waals surface area contributed by atoms with Crippen molar-refractivity contribution >= 4 is 31.4 Å². The molecule has 6 nitrogen and oxygen atoms in total. The number of hydrogen-bond donors (Lipinski definition) is 1. The number of benzene rings is 2. The fourth-order valence-corrected chi connectivity index (χ4v) is 6.60. The molecule has 158 valence electrons. The Balaban J connectivity index is 1.93. The molecule has 1 N–H and O–H groups in total. The molecule has 8 heteroatoms. The zero-order chi connectivity index (χ0) is 21.4. The molecule has 3 rings (SSSR count). The van der Waals surface area contributed by atoms with E-state index in [2.05, 4.69) is 18.6 Å². The Bertz CT molecular complexity index is 1110. The topological polar surface area (TPSA) is 83.6 Å². The van der Waals surface area contributed by atoms with Crippen molar-refractivity contribution in [3.05, 3.63) is 53.1 Å². The summed E-state index contributed by atoms with van der Waals surface area (Å²) in [5, 5.41) is 0. The minimum atomic E-state index is -3.79. The van der Waals surface area contributed by atoms with Gasteiger partial charge in [0.2, 0.25) is 10.0 Å². The van der Waals surface area contributed by atoms with Crippen LogP contribution in [0.5, 0.6) is 0 Å². The Labute approximate surface area is 174 Å². The maximum Gasteiger partial charge on any atom is 0.262 e. The van der Waals surface area contributed by atoms with Gasteiger partial charge >= 0.3 is 0 Å². The second-order valence-corrected chi connectivity index (χ2v) is 11.5. The van der Waals surface area contributed by atoms with Crippen LogP contribution in [0.2, 0.25) is 0 Å². The molecule has 0 radical (unpaired) electrons. The summed E-state index contributed by atoms with van der Waals surface area (Å²) in [4.78, 5) is 0.154. The van der Waals surface area contributed by atoms with Crippen molar-refractivity contribution in [2.24, 2.45) is 0 Å². The van der Waals surface area contributed by atoms with E-state index in [1.807, 2.05) is 12.1 Å². The third kappa shape index (κ3) is 4.59. The summed E-state index contributed by atoms with van der Waals surface area (Å²) in [6.07, 6.45) is 1.45. The van der Waals surface area contributed by atoms with Crippen molar-refractivity contribution in [2.75, 3.05) is 21.3 Å². The van der Waals surface area contributed by atoms with Crippen LogP contribution in [-0.4, -0.2) is 29.1 Å². The molecule has 0 aromatic heterocycles. The highest BCUT2D eigenvalue weighted by Gasteiger charge is 2.28. The number of nitrogens with one attached hydrogen (secondary N) is 1. The summed E-state index contributed by atoms with van der Waals surface area (Å²) in [5.41, 5.74) is 3.32.